The van der Waals surface area contributed by atoms with E-state index in [9.17, 15) is 19.8 Å². The quantitative estimate of drug-likeness (QED) is 0.0320. The second-order valence-electron chi connectivity index (χ2n) is 23.5. The number of allylic oxidation sites excluding steroid dienone is 4. The van der Waals surface area contributed by atoms with Crippen LogP contribution in [0.2, 0.25) is 0 Å². The van der Waals surface area contributed by atoms with Crippen LogP contribution in [0, 0.1) is 0 Å². The van der Waals surface area contributed by atoms with Crippen molar-refractivity contribution in [3.63, 3.8) is 0 Å². The lowest BCUT2D eigenvalue weighted by Gasteiger charge is -2.22. The Morgan fingerprint density at radius 1 is 0.373 bits per heavy atom. The minimum atomic E-state index is -0.672. The third-order valence-corrected chi connectivity index (χ3v) is 16.0. The van der Waals surface area contributed by atoms with E-state index in [1.165, 1.54) is 302 Å². The second-order valence-corrected chi connectivity index (χ2v) is 23.5. The Morgan fingerprint density at radius 3 is 1.01 bits per heavy atom. The predicted octanol–water partition coefficient (Wildman–Crippen LogP) is 21.8. The highest BCUT2D eigenvalue weighted by atomic mass is 16.5. The van der Waals surface area contributed by atoms with Gasteiger partial charge in [-0.05, 0) is 57.8 Å². The third-order valence-electron chi connectivity index (χ3n) is 16.0. The molecule has 6 heteroatoms. The molecule has 0 aromatic carbocycles. The molecule has 0 aromatic heterocycles. The molecule has 0 aliphatic rings. The van der Waals surface area contributed by atoms with E-state index in [0.29, 0.717) is 25.9 Å². The van der Waals surface area contributed by atoms with Crippen molar-refractivity contribution in [2.24, 2.45) is 0 Å². The molecule has 0 aromatic rings. The van der Waals surface area contributed by atoms with Crippen LogP contribution in [-0.4, -0.2) is 47.4 Å². The molecule has 0 bridgehead atoms. The Balaban J connectivity index is 3.44. The molecule has 0 fully saturated rings. The second kappa shape index (κ2) is 64.9. The molecule has 2 atom stereocenters. The number of nitrogens with one attached hydrogen (secondary N) is 1. The molecule has 1 amide bonds. The van der Waals surface area contributed by atoms with Gasteiger partial charge in [-0.2, -0.15) is 0 Å². The number of carbonyl (C=O) groups is 2. The molecule has 6 nitrogen and oxygen atoms in total. The minimum absolute atomic E-state index is 0.0107. The molecule has 444 valence electrons. The largest absolute Gasteiger partial charge is 0.466 e. The third kappa shape index (κ3) is 61.4. The topological polar surface area (TPSA) is 95.9 Å². The van der Waals surface area contributed by atoms with Crippen LogP contribution in [0.4, 0.5) is 0 Å². The van der Waals surface area contributed by atoms with Gasteiger partial charge in [-0.3, -0.25) is 9.59 Å². The minimum Gasteiger partial charge on any atom is -0.466 e. The van der Waals surface area contributed by atoms with E-state index in [-0.39, 0.29) is 18.5 Å². The number of hydrogen-bond donors (Lipinski definition) is 3. The van der Waals surface area contributed by atoms with Gasteiger partial charge in [0.1, 0.15) is 0 Å². The molecule has 0 rings (SSSR count). The maximum absolute atomic E-state index is 12.5. The van der Waals surface area contributed by atoms with Gasteiger partial charge >= 0.3 is 5.97 Å². The Kier molecular flexibility index (Phi) is 63.4. The summed E-state index contributed by atoms with van der Waals surface area (Å²) in [6, 6.07) is -0.550. The van der Waals surface area contributed by atoms with Crippen molar-refractivity contribution < 1.29 is 24.5 Å². The van der Waals surface area contributed by atoms with Crippen molar-refractivity contribution in [1.29, 1.82) is 0 Å². The number of carbonyl (C=O) groups excluding carboxylic acids is 2. The van der Waals surface area contributed by atoms with Gasteiger partial charge in [-0.15, -0.1) is 0 Å². The van der Waals surface area contributed by atoms with Gasteiger partial charge in [0.2, 0.25) is 5.91 Å². The van der Waals surface area contributed by atoms with Crippen molar-refractivity contribution in [2.45, 2.75) is 392 Å². The summed E-state index contributed by atoms with van der Waals surface area (Å²) in [7, 11) is 0. The van der Waals surface area contributed by atoms with Crippen LogP contribution in [-0.2, 0) is 14.3 Å². The summed E-state index contributed by atoms with van der Waals surface area (Å²) in [6.07, 6.45) is 80.6. The molecule has 75 heavy (non-hydrogen) atoms. The maximum Gasteiger partial charge on any atom is 0.305 e. The van der Waals surface area contributed by atoms with Crippen LogP contribution in [0.5, 0.6) is 0 Å². The summed E-state index contributed by atoms with van der Waals surface area (Å²) < 4.78 is 5.49. The number of aliphatic hydroxyl groups excluding tert-OH is 2. The van der Waals surface area contributed by atoms with Gasteiger partial charge in [0.15, 0.2) is 0 Å². The summed E-state index contributed by atoms with van der Waals surface area (Å²) in [5, 5.41) is 23.4. The molecule has 0 spiro atoms. The zero-order chi connectivity index (χ0) is 54.3. The van der Waals surface area contributed by atoms with Crippen molar-refractivity contribution in [3.8, 4) is 0 Å². The monoisotopic (exact) mass is 1060 g/mol. The highest BCUT2D eigenvalue weighted by Crippen LogP contribution is 2.18. The number of ether oxygens (including phenoxy) is 1. The Labute approximate surface area is 469 Å². The van der Waals surface area contributed by atoms with Gasteiger partial charge in [-0.1, -0.05) is 334 Å². The number of hydrogen-bond acceptors (Lipinski definition) is 5. The number of aliphatic hydroxyl groups is 2. The fourth-order valence-electron chi connectivity index (χ4n) is 10.8. The lowest BCUT2D eigenvalue weighted by molar-refractivity contribution is -0.143. The molecule has 2 unspecified atom stereocenters. The fourth-order valence-corrected chi connectivity index (χ4v) is 10.8. The van der Waals surface area contributed by atoms with E-state index in [4.69, 9.17) is 4.74 Å². The van der Waals surface area contributed by atoms with Crippen LogP contribution in [0.1, 0.15) is 380 Å². The zero-order valence-corrected chi connectivity index (χ0v) is 50.8. The predicted molar refractivity (Wildman–Crippen MR) is 329 cm³/mol. The van der Waals surface area contributed by atoms with Crippen molar-refractivity contribution in [2.75, 3.05) is 13.2 Å². The lowest BCUT2D eigenvalue weighted by atomic mass is 10.0. The van der Waals surface area contributed by atoms with Crippen LogP contribution in [0.25, 0.3) is 0 Å². The summed E-state index contributed by atoms with van der Waals surface area (Å²) in [4.78, 5) is 24.6. The highest BCUT2D eigenvalue weighted by Gasteiger charge is 2.20. The van der Waals surface area contributed by atoms with Crippen LogP contribution < -0.4 is 5.32 Å². The smallest absolute Gasteiger partial charge is 0.305 e. The van der Waals surface area contributed by atoms with E-state index in [1.807, 2.05) is 0 Å². The first-order valence-electron chi connectivity index (χ1n) is 34.1. The molecule has 0 aliphatic heterocycles. The van der Waals surface area contributed by atoms with Crippen LogP contribution in [0.15, 0.2) is 24.3 Å². The molecule has 0 saturated heterocycles. The number of esters is 1. The van der Waals surface area contributed by atoms with E-state index < -0.39 is 12.1 Å². The number of rotatable bonds is 64. The van der Waals surface area contributed by atoms with Gasteiger partial charge in [-0.25, -0.2) is 0 Å². The first kappa shape index (κ1) is 73.3. The van der Waals surface area contributed by atoms with E-state index in [0.717, 1.165) is 44.9 Å². The summed E-state index contributed by atoms with van der Waals surface area (Å²) >= 11 is 0. The number of amides is 1. The van der Waals surface area contributed by atoms with Crippen molar-refractivity contribution in [1.82, 2.24) is 5.32 Å². The molecular formula is C69H133NO5. The van der Waals surface area contributed by atoms with Gasteiger partial charge in [0.25, 0.3) is 0 Å². The molecule has 3 N–H and O–H groups in total. The molecular weight excluding hydrogens is 923 g/mol. The average molecular weight is 1060 g/mol. The van der Waals surface area contributed by atoms with E-state index in [1.54, 1.807) is 0 Å². The van der Waals surface area contributed by atoms with E-state index in [2.05, 4.69) is 43.5 Å². The van der Waals surface area contributed by atoms with Crippen LogP contribution in [0.3, 0.4) is 0 Å². The number of unbranched alkanes of at least 4 members (excludes halogenated alkanes) is 49. The Morgan fingerprint density at radius 2 is 0.667 bits per heavy atom. The van der Waals surface area contributed by atoms with Gasteiger partial charge in [0.05, 0.1) is 25.4 Å². The maximum atomic E-state index is 12.5. The summed E-state index contributed by atoms with van der Waals surface area (Å²) in [5.74, 6) is -0.0309. The lowest BCUT2D eigenvalue weighted by Crippen LogP contribution is -2.45. The van der Waals surface area contributed by atoms with E-state index >= 15 is 0 Å². The van der Waals surface area contributed by atoms with Gasteiger partial charge in [0, 0.05) is 12.8 Å². The Hall–Kier alpha value is -1.66. The average Bonchev–Trinajstić information content (AvgIpc) is 3.41. The standard InChI is InChI=1S/C69H133NO5/c1-3-5-7-9-11-13-15-17-19-20-21-27-30-34-37-41-45-49-53-57-61-67(72)66(65-71)70-68(73)62-58-54-50-46-42-38-35-31-28-25-23-22-24-26-29-32-36-40-44-48-52-56-60-64-75-69(74)63-59-55-51-47-43-39-33-18-16-14-12-10-8-6-4-2/h22,24-25,28,66-67,71-72H,3-21,23,26-27,29-65H2,1-2H3,(H,70,73)/b24-22-,28-25-. The van der Waals surface area contributed by atoms with Crippen LogP contribution >= 0.6 is 0 Å². The molecule has 0 saturated carbocycles. The Bertz CT molecular complexity index is 1170. The summed E-state index contributed by atoms with van der Waals surface area (Å²) in [6.45, 7) is 4.98. The summed E-state index contributed by atoms with van der Waals surface area (Å²) in [5.41, 5.74) is 0. The zero-order valence-electron chi connectivity index (χ0n) is 50.8. The molecule has 0 radical (unpaired) electrons. The fraction of sp³-hybridized carbons (Fsp3) is 0.913. The first-order chi connectivity index (χ1) is 37.0. The molecule has 0 aliphatic carbocycles. The van der Waals surface area contributed by atoms with Crippen molar-refractivity contribution >= 4 is 11.9 Å². The molecule has 0 heterocycles. The first-order valence-corrected chi connectivity index (χ1v) is 34.1. The van der Waals surface area contributed by atoms with Crippen molar-refractivity contribution in [3.05, 3.63) is 24.3 Å². The SMILES string of the molecule is CCCCCCCCCCCCCCCCCCCCCCC(O)C(CO)NC(=O)CCCCCCCCC/C=C\C/C=C\CCCCCCCCCCCOC(=O)CCCCCCCCCCCCCCCCC. The normalized spacial score (nSPS) is 12.6. The van der Waals surface area contributed by atoms with Gasteiger partial charge < -0.3 is 20.3 Å². The highest BCUT2D eigenvalue weighted by molar-refractivity contribution is 5.76.